The number of ether oxygens (including phenoxy) is 1. The van der Waals surface area contributed by atoms with E-state index in [9.17, 15) is 14.4 Å². The molecular formula is C20H19ClN2O4. The average Bonchev–Trinajstić information content (AvgIpc) is 3.08. The molecule has 1 unspecified atom stereocenters. The molecule has 140 valence electrons. The zero-order valence-corrected chi connectivity index (χ0v) is 15.5. The third-order valence-corrected chi connectivity index (χ3v) is 4.73. The van der Waals surface area contributed by atoms with Gasteiger partial charge in [-0.25, -0.2) is 4.79 Å². The van der Waals surface area contributed by atoms with Gasteiger partial charge in [0.15, 0.2) is 0 Å². The highest BCUT2D eigenvalue weighted by atomic mass is 35.5. The fraction of sp³-hybridized carbons (Fsp3) is 0.250. The fourth-order valence-electron chi connectivity index (χ4n) is 2.96. The van der Waals surface area contributed by atoms with Crippen LogP contribution >= 0.6 is 11.6 Å². The lowest BCUT2D eigenvalue weighted by Gasteiger charge is -2.17. The van der Waals surface area contributed by atoms with Crippen LogP contribution in [-0.2, 0) is 20.9 Å². The molecule has 2 amide bonds. The number of halogens is 1. The number of hydrogen-bond acceptors (Lipinski definition) is 4. The molecule has 3 rings (SSSR count). The molecule has 1 atom stereocenters. The van der Waals surface area contributed by atoms with Crippen LogP contribution in [0.1, 0.15) is 22.3 Å². The maximum absolute atomic E-state index is 12.4. The van der Waals surface area contributed by atoms with E-state index in [2.05, 4.69) is 10.1 Å². The van der Waals surface area contributed by atoms with Crippen LogP contribution in [0.25, 0.3) is 0 Å². The highest BCUT2D eigenvalue weighted by Crippen LogP contribution is 2.25. The zero-order chi connectivity index (χ0) is 19.4. The number of methoxy groups -OCH3 is 1. The second-order valence-electron chi connectivity index (χ2n) is 6.29. The van der Waals surface area contributed by atoms with Crippen molar-refractivity contribution in [1.29, 1.82) is 0 Å². The third-order valence-electron chi connectivity index (χ3n) is 4.48. The van der Waals surface area contributed by atoms with Gasteiger partial charge in [-0.2, -0.15) is 0 Å². The number of hydrogen-bond donors (Lipinski definition) is 1. The Morgan fingerprint density at radius 3 is 2.44 bits per heavy atom. The van der Waals surface area contributed by atoms with Crippen LogP contribution in [0, 0.1) is 5.92 Å². The van der Waals surface area contributed by atoms with Crippen LogP contribution in [-0.4, -0.2) is 31.4 Å². The molecule has 0 aromatic heterocycles. The van der Waals surface area contributed by atoms with Crippen LogP contribution in [0.3, 0.4) is 0 Å². The minimum atomic E-state index is -0.436. The topological polar surface area (TPSA) is 75.7 Å². The number of esters is 1. The molecular weight excluding hydrogens is 368 g/mol. The molecule has 1 fully saturated rings. The van der Waals surface area contributed by atoms with Crippen molar-refractivity contribution in [1.82, 2.24) is 5.32 Å². The number of amides is 2. The Balaban J connectivity index is 1.60. The van der Waals surface area contributed by atoms with E-state index in [0.717, 1.165) is 5.56 Å². The number of rotatable bonds is 5. The largest absolute Gasteiger partial charge is 0.465 e. The maximum Gasteiger partial charge on any atom is 0.337 e. The summed E-state index contributed by atoms with van der Waals surface area (Å²) in [5.74, 6) is -1.13. The molecule has 1 N–H and O–H groups in total. The second kappa shape index (κ2) is 8.22. The summed E-state index contributed by atoms with van der Waals surface area (Å²) in [6.07, 6.45) is 0.158. The first kappa shape index (κ1) is 18.9. The Kier molecular flexibility index (Phi) is 5.76. The number of carbonyl (C=O) groups is 3. The van der Waals surface area contributed by atoms with Gasteiger partial charge >= 0.3 is 5.97 Å². The number of anilines is 1. The van der Waals surface area contributed by atoms with Gasteiger partial charge in [-0.15, -0.1) is 0 Å². The maximum atomic E-state index is 12.4. The molecule has 1 heterocycles. The summed E-state index contributed by atoms with van der Waals surface area (Å²) in [6, 6.07) is 13.8. The SMILES string of the molecule is COC(=O)c1ccc(N2CC(C(=O)NCc3ccc(Cl)cc3)CC2=O)cc1. The lowest BCUT2D eigenvalue weighted by molar-refractivity contribution is -0.126. The van der Waals surface area contributed by atoms with Gasteiger partial charge in [0.2, 0.25) is 11.8 Å². The molecule has 27 heavy (non-hydrogen) atoms. The summed E-state index contributed by atoms with van der Waals surface area (Å²) in [4.78, 5) is 37.8. The summed E-state index contributed by atoms with van der Waals surface area (Å²) in [6.45, 7) is 0.692. The molecule has 1 aliphatic rings. The minimum Gasteiger partial charge on any atom is -0.465 e. The Bertz CT molecular complexity index is 849. The number of nitrogens with one attached hydrogen (secondary N) is 1. The second-order valence-corrected chi connectivity index (χ2v) is 6.72. The van der Waals surface area contributed by atoms with Gasteiger partial charge in [0.05, 0.1) is 18.6 Å². The van der Waals surface area contributed by atoms with Crippen molar-refractivity contribution in [2.24, 2.45) is 5.92 Å². The van der Waals surface area contributed by atoms with Crippen LogP contribution in [0.5, 0.6) is 0 Å². The van der Waals surface area contributed by atoms with Crippen molar-refractivity contribution >= 4 is 35.1 Å². The van der Waals surface area contributed by atoms with Crippen LogP contribution in [0.4, 0.5) is 5.69 Å². The van der Waals surface area contributed by atoms with Crippen LogP contribution in [0.15, 0.2) is 48.5 Å². The molecule has 2 aromatic rings. The van der Waals surface area contributed by atoms with Crippen molar-refractivity contribution in [2.75, 3.05) is 18.6 Å². The van der Waals surface area contributed by atoms with Crippen LogP contribution in [0.2, 0.25) is 5.02 Å². The Hall–Kier alpha value is -2.86. The molecule has 0 bridgehead atoms. The van der Waals surface area contributed by atoms with E-state index in [1.807, 2.05) is 12.1 Å². The Morgan fingerprint density at radius 2 is 1.81 bits per heavy atom. The van der Waals surface area contributed by atoms with E-state index < -0.39 is 11.9 Å². The van der Waals surface area contributed by atoms with Crippen molar-refractivity contribution in [2.45, 2.75) is 13.0 Å². The van der Waals surface area contributed by atoms with Gasteiger partial charge in [-0.05, 0) is 42.0 Å². The van der Waals surface area contributed by atoms with Crippen molar-refractivity contribution in [3.63, 3.8) is 0 Å². The van der Waals surface area contributed by atoms with Crippen molar-refractivity contribution < 1.29 is 19.1 Å². The van der Waals surface area contributed by atoms with E-state index >= 15 is 0 Å². The highest BCUT2D eigenvalue weighted by Gasteiger charge is 2.35. The molecule has 7 heteroatoms. The Morgan fingerprint density at radius 1 is 1.15 bits per heavy atom. The van der Waals surface area contributed by atoms with Crippen molar-refractivity contribution in [3.8, 4) is 0 Å². The van der Waals surface area contributed by atoms with E-state index in [-0.39, 0.29) is 18.2 Å². The molecule has 1 aliphatic heterocycles. The lowest BCUT2D eigenvalue weighted by Crippen LogP contribution is -2.32. The first-order chi connectivity index (χ1) is 13.0. The van der Waals surface area contributed by atoms with Gasteiger partial charge in [-0.1, -0.05) is 23.7 Å². The smallest absolute Gasteiger partial charge is 0.337 e. The zero-order valence-electron chi connectivity index (χ0n) is 14.8. The summed E-state index contributed by atoms with van der Waals surface area (Å²) in [5, 5.41) is 3.50. The third kappa shape index (κ3) is 4.46. The predicted octanol–water partition coefficient (Wildman–Crippen LogP) is 2.80. The summed E-state index contributed by atoms with van der Waals surface area (Å²) in [7, 11) is 1.31. The van der Waals surface area contributed by atoms with Crippen molar-refractivity contribution in [3.05, 3.63) is 64.7 Å². The van der Waals surface area contributed by atoms with E-state index in [1.54, 1.807) is 41.3 Å². The molecule has 0 radical (unpaired) electrons. The summed E-state index contributed by atoms with van der Waals surface area (Å²) in [5.41, 5.74) is 2.00. The normalized spacial score (nSPS) is 16.3. The number of carbonyl (C=O) groups excluding carboxylic acids is 3. The van der Waals surface area contributed by atoms with Gasteiger partial charge in [0.25, 0.3) is 0 Å². The number of benzene rings is 2. The quantitative estimate of drug-likeness (QED) is 0.802. The molecule has 2 aromatic carbocycles. The molecule has 0 saturated carbocycles. The lowest BCUT2D eigenvalue weighted by atomic mass is 10.1. The van der Waals surface area contributed by atoms with Gasteiger partial charge < -0.3 is 15.0 Å². The van der Waals surface area contributed by atoms with Gasteiger partial charge in [0, 0.05) is 30.2 Å². The fourth-order valence-corrected chi connectivity index (χ4v) is 3.09. The molecule has 1 saturated heterocycles. The van der Waals surface area contributed by atoms with Gasteiger partial charge in [0.1, 0.15) is 0 Å². The van der Waals surface area contributed by atoms with Crippen LogP contribution < -0.4 is 10.2 Å². The minimum absolute atomic E-state index is 0.118. The van der Waals surface area contributed by atoms with E-state index in [4.69, 9.17) is 11.6 Å². The highest BCUT2D eigenvalue weighted by molar-refractivity contribution is 6.30. The van der Waals surface area contributed by atoms with Gasteiger partial charge in [-0.3, -0.25) is 9.59 Å². The average molecular weight is 387 g/mol. The summed E-state index contributed by atoms with van der Waals surface area (Å²) < 4.78 is 4.66. The monoisotopic (exact) mass is 386 g/mol. The van der Waals surface area contributed by atoms with E-state index in [0.29, 0.717) is 29.4 Å². The molecule has 0 spiro atoms. The predicted molar refractivity (Wildman–Crippen MR) is 102 cm³/mol. The molecule has 0 aliphatic carbocycles. The number of nitrogens with zero attached hydrogens (tertiary/aromatic N) is 1. The first-order valence-electron chi connectivity index (χ1n) is 8.49. The standard InChI is InChI=1S/C20H19ClN2O4/c1-27-20(26)14-4-8-17(9-5-14)23-12-15(10-18(23)24)19(25)22-11-13-2-6-16(21)7-3-13/h2-9,15H,10-12H2,1H3,(H,22,25). The molecule has 6 nitrogen and oxygen atoms in total. The Labute approximate surface area is 162 Å². The summed E-state index contributed by atoms with van der Waals surface area (Å²) >= 11 is 5.85. The van der Waals surface area contributed by atoms with E-state index in [1.165, 1.54) is 7.11 Å². The first-order valence-corrected chi connectivity index (χ1v) is 8.86.